The zero-order valence-electron chi connectivity index (χ0n) is 15.5. The van der Waals surface area contributed by atoms with Crippen molar-refractivity contribution in [1.29, 1.82) is 0 Å². The number of ether oxygens (including phenoxy) is 1. The smallest absolute Gasteiger partial charge is 0.328 e. The van der Waals surface area contributed by atoms with Crippen LogP contribution in [0.3, 0.4) is 0 Å². The molecule has 1 saturated heterocycles. The minimum absolute atomic E-state index is 0.0447. The molecular weight excluding hydrogens is 308 g/mol. The molecule has 0 saturated carbocycles. The van der Waals surface area contributed by atoms with Gasteiger partial charge in [0.25, 0.3) is 0 Å². The zero-order chi connectivity index (χ0) is 18.1. The van der Waals surface area contributed by atoms with Crippen LogP contribution in [-0.2, 0) is 19.1 Å². The van der Waals surface area contributed by atoms with Gasteiger partial charge in [0.2, 0.25) is 11.8 Å². The van der Waals surface area contributed by atoms with Gasteiger partial charge in [0, 0.05) is 25.9 Å². The highest BCUT2D eigenvalue weighted by atomic mass is 16.5. The second-order valence-electron chi connectivity index (χ2n) is 7.23. The Morgan fingerprint density at radius 1 is 1.04 bits per heavy atom. The Balaban J connectivity index is 2.43. The number of carbonyl (C=O) groups excluding carboxylic acids is 3. The number of piperidine rings is 1. The van der Waals surface area contributed by atoms with E-state index in [1.807, 2.05) is 25.7 Å². The van der Waals surface area contributed by atoms with Gasteiger partial charge in [-0.15, -0.1) is 0 Å². The van der Waals surface area contributed by atoms with Crippen molar-refractivity contribution in [1.82, 2.24) is 10.2 Å². The van der Waals surface area contributed by atoms with E-state index in [1.165, 1.54) is 13.5 Å². The molecular formula is C18H32N2O4. The largest absolute Gasteiger partial charge is 0.467 e. The first kappa shape index (κ1) is 20.5. The molecule has 0 aromatic heterocycles. The van der Waals surface area contributed by atoms with Crippen molar-refractivity contribution in [2.24, 2.45) is 11.8 Å². The summed E-state index contributed by atoms with van der Waals surface area (Å²) in [5.41, 5.74) is 0. The van der Waals surface area contributed by atoms with E-state index < -0.39 is 12.0 Å². The molecule has 2 atom stereocenters. The minimum atomic E-state index is -0.618. The topological polar surface area (TPSA) is 75.7 Å². The van der Waals surface area contributed by atoms with Crippen LogP contribution in [0.15, 0.2) is 0 Å². The van der Waals surface area contributed by atoms with Crippen LogP contribution in [0.25, 0.3) is 0 Å². The van der Waals surface area contributed by atoms with Gasteiger partial charge in [-0.25, -0.2) is 4.79 Å². The van der Waals surface area contributed by atoms with Crippen LogP contribution in [0.4, 0.5) is 0 Å². The first-order valence-corrected chi connectivity index (χ1v) is 8.98. The number of rotatable bonds is 8. The van der Waals surface area contributed by atoms with Crippen LogP contribution in [0.1, 0.15) is 59.3 Å². The Morgan fingerprint density at radius 2 is 1.67 bits per heavy atom. The van der Waals surface area contributed by atoms with E-state index in [2.05, 4.69) is 5.32 Å². The number of amides is 2. The first-order valence-electron chi connectivity index (χ1n) is 8.98. The van der Waals surface area contributed by atoms with Gasteiger partial charge in [0.05, 0.1) is 7.11 Å². The third-order valence-corrected chi connectivity index (χ3v) is 4.29. The molecule has 24 heavy (non-hydrogen) atoms. The van der Waals surface area contributed by atoms with Gasteiger partial charge in [-0.2, -0.15) is 0 Å². The van der Waals surface area contributed by atoms with E-state index in [1.54, 1.807) is 0 Å². The molecule has 6 heteroatoms. The van der Waals surface area contributed by atoms with Crippen molar-refractivity contribution in [3.63, 3.8) is 0 Å². The zero-order valence-corrected chi connectivity index (χ0v) is 15.5. The summed E-state index contributed by atoms with van der Waals surface area (Å²) in [5.74, 6) is -0.273. The van der Waals surface area contributed by atoms with Crippen LogP contribution in [0, 0.1) is 11.8 Å². The van der Waals surface area contributed by atoms with E-state index in [9.17, 15) is 14.4 Å². The molecule has 1 fully saturated rings. The maximum atomic E-state index is 12.2. The SMILES string of the molecule is COC(=O)[C@H](CC(C)C)NC(=O)C[C@@H](C)CC(=O)N1CCCCC1. The summed E-state index contributed by atoms with van der Waals surface area (Å²) in [6, 6.07) is -0.618. The number of esters is 1. The first-order chi connectivity index (χ1) is 11.3. The van der Waals surface area contributed by atoms with Crippen LogP contribution >= 0.6 is 0 Å². The Kier molecular flexibility index (Phi) is 8.79. The van der Waals surface area contributed by atoms with Crippen LogP contribution in [0.2, 0.25) is 0 Å². The molecule has 138 valence electrons. The number of nitrogens with zero attached hydrogens (tertiary/aromatic N) is 1. The predicted molar refractivity (Wildman–Crippen MR) is 92.2 cm³/mol. The quantitative estimate of drug-likeness (QED) is 0.687. The van der Waals surface area contributed by atoms with E-state index in [0.717, 1.165) is 25.9 Å². The number of methoxy groups -OCH3 is 1. The molecule has 1 N–H and O–H groups in total. The molecule has 0 aromatic carbocycles. The lowest BCUT2D eigenvalue weighted by Crippen LogP contribution is -2.43. The van der Waals surface area contributed by atoms with Gasteiger partial charge in [-0.1, -0.05) is 20.8 Å². The summed E-state index contributed by atoms with van der Waals surface area (Å²) in [6.07, 6.45) is 4.48. The monoisotopic (exact) mass is 340 g/mol. The van der Waals surface area contributed by atoms with E-state index >= 15 is 0 Å². The van der Waals surface area contributed by atoms with Gasteiger partial charge < -0.3 is 15.0 Å². The molecule has 6 nitrogen and oxygen atoms in total. The Hall–Kier alpha value is -1.59. The Bertz CT molecular complexity index is 431. The molecule has 0 spiro atoms. The van der Waals surface area contributed by atoms with Crippen LogP contribution < -0.4 is 5.32 Å². The van der Waals surface area contributed by atoms with Crippen molar-refractivity contribution >= 4 is 17.8 Å². The third-order valence-electron chi connectivity index (χ3n) is 4.29. The fourth-order valence-corrected chi connectivity index (χ4v) is 3.04. The Morgan fingerprint density at radius 3 is 2.21 bits per heavy atom. The molecule has 1 aliphatic rings. The molecule has 0 bridgehead atoms. The lowest BCUT2D eigenvalue weighted by Gasteiger charge is -2.28. The molecule has 1 rings (SSSR count). The van der Waals surface area contributed by atoms with Crippen molar-refractivity contribution in [3.05, 3.63) is 0 Å². The van der Waals surface area contributed by atoms with Gasteiger partial charge in [-0.3, -0.25) is 9.59 Å². The highest BCUT2D eigenvalue weighted by Gasteiger charge is 2.24. The van der Waals surface area contributed by atoms with E-state index in [0.29, 0.717) is 12.8 Å². The molecule has 0 unspecified atom stereocenters. The highest BCUT2D eigenvalue weighted by Crippen LogP contribution is 2.15. The van der Waals surface area contributed by atoms with Crippen molar-refractivity contribution in [2.75, 3.05) is 20.2 Å². The molecule has 0 aliphatic carbocycles. The molecule has 1 aliphatic heterocycles. The summed E-state index contributed by atoms with van der Waals surface area (Å²) >= 11 is 0. The second kappa shape index (κ2) is 10.3. The fraction of sp³-hybridized carbons (Fsp3) is 0.833. The van der Waals surface area contributed by atoms with E-state index in [4.69, 9.17) is 4.74 Å². The van der Waals surface area contributed by atoms with Crippen molar-refractivity contribution in [3.8, 4) is 0 Å². The lowest BCUT2D eigenvalue weighted by molar-refractivity contribution is -0.145. The predicted octanol–water partition coefficient (Wildman–Crippen LogP) is 2.12. The fourth-order valence-electron chi connectivity index (χ4n) is 3.04. The standard InChI is InChI=1S/C18H32N2O4/c1-13(2)10-15(18(23)24-4)19-16(21)11-14(3)12-17(22)20-8-6-5-7-9-20/h13-15H,5-12H2,1-4H3,(H,19,21)/t14-,15+/m1/s1. The van der Waals surface area contributed by atoms with Crippen LogP contribution in [-0.4, -0.2) is 48.9 Å². The highest BCUT2D eigenvalue weighted by molar-refractivity contribution is 5.85. The van der Waals surface area contributed by atoms with Gasteiger partial charge in [0.1, 0.15) is 6.04 Å². The molecule has 0 aromatic rings. The molecule has 0 radical (unpaired) electrons. The summed E-state index contributed by atoms with van der Waals surface area (Å²) in [7, 11) is 1.32. The van der Waals surface area contributed by atoms with Crippen molar-refractivity contribution in [2.45, 2.75) is 65.3 Å². The normalized spacial score (nSPS) is 17.3. The Labute approximate surface area is 145 Å². The summed E-state index contributed by atoms with van der Waals surface area (Å²) in [6.45, 7) is 7.54. The summed E-state index contributed by atoms with van der Waals surface area (Å²) in [4.78, 5) is 38.1. The maximum absolute atomic E-state index is 12.2. The average molecular weight is 340 g/mol. The third kappa shape index (κ3) is 7.32. The van der Waals surface area contributed by atoms with E-state index in [-0.39, 0.29) is 30.1 Å². The molecule has 1 heterocycles. The average Bonchev–Trinajstić information content (AvgIpc) is 2.53. The lowest BCUT2D eigenvalue weighted by atomic mass is 10.00. The van der Waals surface area contributed by atoms with Crippen LogP contribution in [0.5, 0.6) is 0 Å². The summed E-state index contributed by atoms with van der Waals surface area (Å²) in [5, 5.41) is 2.74. The number of hydrogen-bond donors (Lipinski definition) is 1. The van der Waals surface area contributed by atoms with Crippen molar-refractivity contribution < 1.29 is 19.1 Å². The molecule has 2 amide bonds. The van der Waals surface area contributed by atoms with Gasteiger partial charge in [-0.05, 0) is 37.5 Å². The van der Waals surface area contributed by atoms with Gasteiger partial charge in [0.15, 0.2) is 0 Å². The number of hydrogen-bond acceptors (Lipinski definition) is 4. The maximum Gasteiger partial charge on any atom is 0.328 e. The second-order valence-corrected chi connectivity index (χ2v) is 7.23. The number of likely N-dealkylation sites (tertiary alicyclic amines) is 1. The minimum Gasteiger partial charge on any atom is -0.467 e. The summed E-state index contributed by atoms with van der Waals surface area (Å²) < 4.78 is 4.75. The number of nitrogens with one attached hydrogen (secondary N) is 1. The number of carbonyl (C=O) groups is 3. The van der Waals surface area contributed by atoms with Gasteiger partial charge >= 0.3 is 5.97 Å².